The molecule has 0 bridgehead atoms. The third-order valence-electron chi connectivity index (χ3n) is 2.10. The van der Waals surface area contributed by atoms with Gasteiger partial charge in [-0.2, -0.15) is 0 Å². The molecule has 1 rings (SSSR count). The largest absolute Gasteiger partial charge is 0.300 e. The van der Waals surface area contributed by atoms with Gasteiger partial charge in [0.05, 0.1) is 0 Å². The fraction of sp³-hybridized carbons (Fsp3) is 0.364. The molecule has 0 aliphatic carbocycles. The van der Waals surface area contributed by atoms with E-state index in [1.54, 1.807) is 0 Å². The highest BCUT2D eigenvalue weighted by Crippen LogP contribution is 2.16. The molecule has 0 amide bonds. The highest BCUT2D eigenvalue weighted by atomic mass is 19.2. The van der Waals surface area contributed by atoms with Gasteiger partial charge in [0.1, 0.15) is 5.78 Å². The summed E-state index contributed by atoms with van der Waals surface area (Å²) in [6, 6.07) is 3.05. The quantitative estimate of drug-likeness (QED) is 0.729. The molecule has 0 unspecified atom stereocenters. The van der Waals surface area contributed by atoms with E-state index in [-0.39, 0.29) is 29.8 Å². The predicted octanol–water partition coefficient (Wildman–Crippen LogP) is 2.79. The average molecular weight is 198 g/mol. The Morgan fingerprint density at radius 3 is 2.50 bits per heavy atom. The molecule has 1 aromatic carbocycles. The van der Waals surface area contributed by atoms with Crippen molar-refractivity contribution < 1.29 is 13.6 Å². The highest BCUT2D eigenvalue weighted by molar-refractivity contribution is 5.75. The SMILES string of the molecule is CC(=O)CCc1ccc(C)c(F)c1F. The van der Waals surface area contributed by atoms with Gasteiger partial charge >= 0.3 is 0 Å². The normalized spacial score (nSPS) is 10.3. The zero-order valence-corrected chi connectivity index (χ0v) is 8.23. The predicted molar refractivity (Wildman–Crippen MR) is 50.1 cm³/mol. The zero-order valence-electron chi connectivity index (χ0n) is 8.23. The Bertz CT molecular complexity index is 359. The molecule has 3 heteroatoms. The van der Waals surface area contributed by atoms with Crippen molar-refractivity contribution in [1.82, 2.24) is 0 Å². The van der Waals surface area contributed by atoms with Crippen LogP contribution in [0.4, 0.5) is 8.78 Å². The summed E-state index contributed by atoms with van der Waals surface area (Å²) in [6.07, 6.45) is 0.512. The van der Waals surface area contributed by atoms with Crippen LogP contribution in [0, 0.1) is 18.6 Å². The zero-order chi connectivity index (χ0) is 10.7. The molecule has 0 saturated carbocycles. The van der Waals surface area contributed by atoms with E-state index in [2.05, 4.69) is 0 Å². The molecule has 76 valence electrons. The molecule has 14 heavy (non-hydrogen) atoms. The molecule has 0 aromatic heterocycles. The number of aryl methyl sites for hydroxylation is 2. The molecule has 0 aliphatic rings. The van der Waals surface area contributed by atoms with E-state index in [9.17, 15) is 13.6 Å². The van der Waals surface area contributed by atoms with Crippen LogP contribution in [-0.4, -0.2) is 5.78 Å². The van der Waals surface area contributed by atoms with Crippen molar-refractivity contribution in [3.05, 3.63) is 34.9 Å². The number of benzene rings is 1. The third-order valence-corrected chi connectivity index (χ3v) is 2.10. The molecule has 0 radical (unpaired) electrons. The van der Waals surface area contributed by atoms with Crippen molar-refractivity contribution in [2.45, 2.75) is 26.7 Å². The number of carbonyl (C=O) groups is 1. The first-order valence-corrected chi connectivity index (χ1v) is 4.45. The number of hydrogen-bond donors (Lipinski definition) is 0. The van der Waals surface area contributed by atoms with Gasteiger partial charge in [-0.05, 0) is 31.4 Å². The molecule has 1 nitrogen and oxygen atoms in total. The summed E-state index contributed by atoms with van der Waals surface area (Å²) < 4.78 is 26.3. The van der Waals surface area contributed by atoms with Gasteiger partial charge in [-0.1, -0.05) is 12.1 Å². The molecule has 0 N–H and O–H groups in total. The van der Waals surface area contributed by atoms with Gasteiger partial charge in [-0.15, -0.1) is 0 Å². The summed E-state index contributed by atoms with van der Waals surface area (Å²) in [7, 11) is 0. The number of halogens is 2. The number of carbonyl (C=O) groups excluding carboxylic acids is 1. The second-order valence-corrected chi connectivity index (χ2v) is 3.37. The lowest BCUT2D eigenvalue weighted by atomic mass is 10.1. The molecule has 0 heterocycles. The van der Waals surface area contributed by atoms with Crippen molar-refractivity contribution in [2.24, 2.45) is 0 Å². The Morgan fingerprint density at radius 2 is 1.93 bits per heavy atom. The van der Waals surface area contributed by atoms with Crippen LogP contribution in [0.25, 0.3) is 0 Å². The van der Waals surface area contributed by atoms with E-state index in [0.717, 1.165) is 0 Å². The van der Waals surface area contributed by atoms with Crippen molar-refractivity contribution in [3.8, 4) is 0 Å². The molecule has 0 fully saturated rings. The standard InChI is InChI=1S/C11H12F2O/c1-7-3-5-9(6-4-8(2)14)11(13)10(7)12/h3,5H,4,6H2,1-2H3. The van der Waals surface area contributed by atoms with Gasteiger partial charge in [0.25, 0.3) is 0 Å². The summed E-state index contributed by atoms with van der Waals surface area (Å²) in [5.74, 6) is -1.66. The highest BCUT2D eigenvalue weighted by Gasteiger charge is 2.10. The van der Waals surface area contributed by atoms with Gasteiger partial charge in [0, 0.05) is 6.42 Å². The lowest BCUT2D eigenvalue weighted by Gasteiger charge is -2.04. The van der Waals surface area contributed by atoms with Crippen LogP contribution in [0.5, 0.6) is 0 Å². The van der Waals surface area contributed by atoms with Gasteiger partial charge in [-0.3, -0.25) is 0 Å². The average Bonchev–Trinajstić information content (AvgIpc) is 2.13. The summed E-state index contributed by atoms with van der Waals surface area (Å²) in [6.45, 7) is 2.94. The van der Waals surface area contributed by atoms with Gasteiger partial charge < -0.3 is 4.79 Å². The number of Topliss-reactive ketones (excluding diaryl/α,β-unsaturated/α-hetero) is 1. The van der Waals surface area contributed by atoms with Gasteiger partial charge in [-0.25, -0.2) is 8.78 Å². The number of rotatable bonds is 3. The minimum atomic E-state index is -0.828. The minimum absolute atomic E-state index is 0.0228. The Morgan fingerprint density at radius 1 is 1.29 bits per heavy atom. The second kappa shape index (κ2) is 4.31. The van der Waals surface area contributed by atoms with Gasteiger partial charge in [0.15, 0.2) is 11.6 Å². The van der Waals surface area contributed by atoms with E-state index < -0.39 is 11.6 Å². The number of hydrogen-bond acceptors (Lipinski definition) is 1. The van der Waals surface area contributed by atoms with Gasteiger partial charge in [0.2, 0.25) is 0 Å². The minimum Gasteiger partial charge on any atom is -0.300 e. The third kappa shape index (κ3) is 2.37. The van der Waals surface area contributed by atoms with E-state index >= 15 is 0 Å². The van der Waals surface area contributed by atoms with Crippen LogP contribution in [0.3, 0.4) is 0 Å². The fourth-order valence-electron chi connectivity index (χ4n) is 1.19. The Labute approximate surface area is 81.7 Å². The van der Waals surface area contributed by atoms with Crippen LogP contribution in [0.15, 0.2) is 12.1 Å². The molecule has 0 aliphatic heterocycles. The first-order valence-electron chi connectivity index (χ1n) is 4.45. The van der Waals surface area contributed by atoms with Crippen LogP contribution in [0.2, 0.25) is 0 Å². The van der Waals surface area contributed by atoms with E-state index in [0.29, 0.717) is 0 Å². The Kier molecular flexibility index (Phi) is 3.33. The lowest BCUT2D eigenvalue weighted by molar-refractivity contribution is -0.116. The monoisotopic (exact) mass is 198 g/mol. The van der Waals surface area contributed by atoms with Crippen molar-refractivity contribution in [3.63, 3.8) is 0 Å². The van der Waals surface area contributed by atoms with E-state index in [1.165, 1.54) is 26.0 Å². The van der Waals surface area contributed by atoms with E-state index in [4.69, 9.17) is 0 Å². The first-order chi connectivity index (χ1) is 6.52. The molecule has 0 spiro atoms. The number of ketones is 1. The first kappa shape index (κ1) is 10.8. The Hall–Kier alpha value is -1.25. The summed E-state index contributed by atoms with van der Waals surface area (Å²) >= 11 is 0. The maximum atomic E-state index is 13.2. The van der Waals surface area contributed by atoms with Crippen molar-refractivity contribution >= 4 is 5.78 Å². The fourth-order valence-corrected chi connectivity index (χ4v) is 1.19. The van der Waals surface area contributed by atoms with E-state index in [1.807, 2.05) is 0 Å². The van der Waals surface area contributed by atoms with Crippen LogP contribution < -0.4 is 0 Å². The van der Waals surface area contributed by atoms with Crippen molar-refractivity contribution in [2.75, 3.05) is 0 Å². The second-order valence-electron chi connectivity index (χ2n) is 3.37. The molecule has 0 saturated heterocycles. The molecular weight excluding hydrogens is 186 g/mol. The maximum absolute atomic E-state index is 13.2. The maximum Gasteiger partial charge on any atom is 0.162 e. The van der Waals surface area contributed by atoms with Crippen LogP contribution in [0.1, 0.15) is 24.5 Å². The molecular formula is C11H12F2O. The summed E-state index contributed by atoms with van der Waals surface area (Å²) in [5.41, 5.74) is 0.553. The lowest BCUT2D eigenvalue weighted by Crippen LogP contribution is -2.00. The topological polar surface area (TPSA) is 17.1 Å². The molecule has 1 aromatic rings. The summed E-state index contributed by atoms with van der Waals surface area (Å²) in [5, 5.41) is 0. The Balaban J connectivity index is 2.88. The van der Waals surface area contributed by atoms with Crippen molar-refractivity contribution in [1.29, 1.82) is 0 Å². The summed E-state index contributed by atoms with van der Waals surface area (Å²) in [4.78, 5) is 10.7. The van der Waals surface area contributed by atoms with Crippen LogP contribution in [-0.2, 0) is 11.2 Å². The molecule has 0 atom stereocenters. The van der Waals surface area contributed by atoms with Crippen LogP contribution >= 0.6 is 0 Å². The smallest absolute Gasteiger partial charge is 0.162 e.